The van der Waals surface area contributed by atoms with E-state index < -0.39 is 0 Å². The van der Waals surface area contributed by atoms with Crippen LogP contribution in [0.25, 0.3) is 16.3 Å². The number of thiazole rings is 1. The van der Waals surface area contributed by atoms with E-state index in [-0.39, 0.29) is 5.91 Å². The molecule has 0 bridgehead atoms. The van der Waals surface area contributed by atoms with Gasteiger partial charge in [-0.25, -0.2) is 14.6 Å². The number of hydrogen-bond donors (Lipinski definition) is 0. The molecule has 0 N–H and O–H groups in total. The second-order valence-corrected chi connectivity index (χ2v) is 7.32. The maximum absolute atomic E-state index is 12.7. The summed E-state index contributed by atoms with van der Waals surface area (Å²) in [5.41, 5.74) is 1.72. The van der Waals surface area contributed by atoms with Gasteiger partial charge in [0, 0.05) is 55.2 Å². The monoisotopic (exact) mass is 379 g/mol. The van der Waals surface area contributed by atoms with Gasteiger partial charge in [-0.2, -0.15) is 5.10 Å². The van der Waals surface area contributed by atoms with Gasteiger partial charge in [-0.3, -0.25) is 14.2 Å². The number of pyridine rings is 1. The molecule has 0 aliphatic carbocycles. The molecule has 0 saturated heterocycles. The standard InChI is InChI=1S/C18H17N7OS/c26-16(10-14-12-24-8-9-27-18(24)20-14)23-5-3-15-21-17(22-25(15)7-6-23)13-2-1-4-19-11-13/h1-2,4,8-9,11-12H,3,5-7,10H2. The molecule has 0 atom stereocenters. The summed E-state index contributed by atoms with van der Waals surface area (Å²) in [5.74, 6) is 1.70. The summed E-state index contributed by atoms with van der Waals surface area (Å²) in [7, 11) is 0. The average molecular weight is 379 g/mol. The summed E-state index contributed by atoms with van der Waals surface area (Å²) in [6.07, 6.45) is 8.40. The number of carbonyl (C=O) groups excluding carboxylic acids is 1. The van der Waals surface area contributed by atoms with E-state index in [0.29, 0.717) is 38.3 Å². The third kappa shape index (κ3) is 3.10. The Hall–Kier alpha value is -3.07. The van der Waals surface area contributed by atoms with Crippen molar-refractivity contribution in [3.05, 3.63) is 53.8 Å². The van der Waals surface area contributed by atoms with Crippen LogP contribution >= 0.6 is 11.3 Å². The van der Waals surface area contributed by atoms with Gasteiger partial charge in [-0.15, -0.1) is 11.3 Å². The van der Waals surface area contributed by atoms with Gasteiger partial charge in [-0.1, -0.05) is 0 Å². The van der Waals surface area contributed by atoms with E-state index in [1.165, 1.54) is 0 Å². The lowest BCUT2D eigenvalue weighted by Gasteiger charge is -2.19. The van der Waals surface area contributed by atoms with Gasteiger partial charge in [0.2, 0.25) is 5.91 Å². The van der Waals surface area contributed by atoms with Crippen LogP contribution in [0.5, 0.6) is 0 Å². The lowest BCUT2D eigenvalue weighted by Crippen LogP contribution is -2.35. The van der Waals surface area contributed by atoms with Gasteiger partial charge in [-0.05, 0) is 12.1 Å². The molecule has 0 aromatic carbocycles. The second-order valence-electron chi connectivity index (χ2n) is 6.45. The first-order valence-corrected chi connectivity index (χ1v) is 9.67. The average Bonchev–Trinajstić information content (AvgIpc) is 3.34. The second kappa shape index (κ2) is 6.58. The van der Waals surface area contributed by atoms with Crippen LogP contribution in [-0.2, 0) is 24.2 Å². The molecule has 4 aromatic heterocycles. The lowest BCUT2D eigenvalue weighted by atomic mass is 10.2. The fourth-order valence-electron chi connectivity index (χ4n) is 3.30. The number of imidazole rings is 1. The normalized spacial score (nSPS) is 14.3. The molecule has 1 aliphatic rings. The topological polar surface area (TPSA) is 81.2 Å². The van der Waals surface area contributed by atoms with Crippen LogP contribution in [0.1, 0.15) is 11.5 Å². The molecule has 136 valence electrons. The predicted octanol–water partition coefficient (Wildman–Crippen LogP) is 1.68. The molecule has 0 saturated carbocycles. The smallest absolute Gasteiger partial charge is 0.228 e. The number of nitrogens with zero attached hydrogens (tertiary/aromatic N) is 7. The van der Waals surface area contributed by atoms with Crippen molar-refractivity contribution in [3.63, 3.8) is 0 Å². The SMILES string of the molecule is O=C(Cc1cn2ccsc2n1)N1CCc2nc(-c3cccnc3)nn2CC1. The zero-order valence-electron chi connectivity index (χ0n) is 14.5. The first kappa shape index (κ1) is 16.1. The van der Waals surface area contributed by atoms with E-state index in [1.807, 2.05) is 43.9 Å². The minimum absolute atomic E-state index is 0.0963. The summed E-state index contributed by atoms with van der Waals surface area (Å²) in [6.45, 7) is 1.92. The van der Waals surface area contributed by atoms with Gasteiger partial charge in [0.25, 0.3) is 0 Å². The summed E-state index contributed by atoms with van der Waals surface area (Å²) in [4.78, 5) is 28.8. The maximum atomic E-state index is 12.7. The number of hydrogen-bond acceptors (Lipinski definition) is 6. The molecule has 9 heteroatoms. The zero-order chi connectivity index (χ0) is 18.2. The zero-order valence-corrected chi connectivity index (χ0v) is 15.3. The molecular weight excluding hydrogens is 362 g/mol. The van der Waals surface area contributed by atoms with E-state index in [2.05, 4.69) is 20.1 Å². The van der Waals surface area contributed by atoms with Crippen LogP contribution < -0.4 is 0 Å². The predicted molar refractivity (Wildman–Crippen MR) is 100 cm³/mol. The van der Waals surface area contributed by atoms with Crippen LogP contribution in [-0.4, -0.2) is 53.0 Å². The fourth-order valence-corrected chi connectivity index (χ4v) is 4.01. The molecule has 0 spiro atoms. The third-order valence-corrected chi connectivity index (χ3v) is 5.45. The molecule has 1 amide bonds. The van der Waals surface area contributed by atoms with Crippen molar-refractivity contribution >= 4 is 22.2 Å². The highest BCUT2D eigenvalue weighted by molar-refractivity contribution is 7.15. The molecule has 0 unspecified atom stereocenters. The van der Waals surface area contributed by atoms with E-state index in [0.717, 1.165) is 22.0 Å². The van der Waals surface area contributed by atoms with Crippen molar-refractivity contribution in [2.45, 2.75) is 19.4 Å². The molecular formula is C18H17N7OS. The van der Waals surface area contributed by atoms with Crippen LogP contribution in [0, 0.1) is 0 Å². The molecule has 5 rings (SSSR count). The largest absolute Gasteiger partial charge is 0.340 e. The minimum Gasteiger partial charge on any atom is -0.340 e. The molecule has 0 fully saturated rings. The summed E-state index contributed by atoms with van der Waals surface area (Å²) in [6, 6.07) is 3.83. The first-order chi connectivity index (χ1) is 13.3. The number of carbonyl (C=O) groups is 1. The van der Waals surface area contributed by atoms with Crippen molar-refractivity contribution in [2.75, 3.05) is 13.1 Å². The summed E-state index contributed by atoms with van der Waals surface area (Å²) >= 11 is 1.57. The number of amides is 1. The van der Waals surface area contributed by atoms with Crippen molar-refractivity contribution in [2.24, 2.45) is 0 Å². The summed E-state index contributed by atoms with van der Waals surface area (Å²) in [5, 5.41) is 6.58. The molecule has 0 radical (unpaired) electrons. The molecule has 4 aromatic rings. The Balaban J connectivity index is 1.27. The molecule has 5 heterocycles. The van der Waals surface area contributed by atoms with E-state index in [4.69, 9.17) is 0 Å². The number of rotatable bonds is 3. The van der Waals surface area contributed by atoms with Crippen LogP contribution in [0.2, 0.25) is 0 Å². The highest BCUT2D eigenvalue weighted by atomic mass is 32.1. The Labute approximate surface area is 159 Å². The highest BCUT2D eigenvalue weighted by Gasteiger charge is 2.22. The van der Waals surface area contributed by atoms with Crippen molar-refractivity contribution < 1.29 is 4.79 Å². The van der Waals surface area contributed by atoms with Crippen molar-refractivity contribution in [1.29, 1.82) is 0 Å². The number of aromatic nitrogens is 6. The Kier molecular flexibility index (Phi) is 3.93. The first-order valence-electron chi connectivity index (χ1n) is 8.79. The van der Waals surface area contributed by atoms with Gasteiger partial charge in [0.05, 0.1) is 18.7 Å². The van der Waals surface area contributed by atoms with E-state index >= 15 is 0 Å². The molecule has 27 heavy (non-hydrogen) atoms. The van der Waals surface area contributed by atoms with E-state index in [1.54, 1.807) is 23.7 Å². The minimum atomic E-state index is 0.0963. The third-order valence-electron chi connectivity index (χ3n) is 4.68. The van der Waals surface area contributed by atoms with Gasteiger partial charge >= 0.3 is 0 Å². The van der Waals surface area contributed by atoms with Crippen molar-refractivity contribution in [3.8, 4) is 11.4 Å². The Morgan fingerprint density at radius 3 is 3.04 bits per heavy atom. The van der Waals surface area contributed by atoms with Gasteiger partial charge in [0.1, 0.15) is 5.82 Å². The Morgan fingerprint density at radius 1 is 1.22 bits per heavy atom. The maximum Gasteiger partial charge on any atom is 0.228 e. The van der Waals surface area contributed by atoms with Crippen LogP contribution in [0.15, 0.2) is 42.3 Å². The quantitative estimate of drug-likeness (QED) is 0.541. The van der Waals surface area contributed by atoms with E-state index in [9.17, 15) is 4.79 Å². The lowest BCUT2D eigenvalue weighted by molar-refractivity contribution is -0.130. The molecule has 8 nitrogen and oxygen atoms in total. The van der Waals surface area contributed by atoms with Crippen LogP contribution in [0.4, 0.5) is 0 Å². The molecule has 1 aliphatic heterocycles. The van der Waals surface area contributed by atoms with Gasteiger partial charge < -0.3 is 4.90 Å². The highest BCUT2D eigenvalue weighted by Crippen LogP contribution is 2.17. The Bertz CT molecular complexity index is 1040. The Morgan fingerprint density at radius 2 is 2.19 bits per heavy atom. The van der Waals surface area contributed by atoms with Gasteiger partial charge in [0.15, 0.2) is 10.8 Å². The number of fused-ring (bicyclic) bond motifs is 2. The van der Waals surface area contributed by atoms with Crippen molar-refractivity contribution in [1.82, 2.24) is 34.0 Å². The van der Waals surface area contributed by atoms with Crippen LogP contribution in [0.3, 0.4) is 0 Å². The fraction of sp³-hybridized carbons (Fsp3) is 0.278. The summed E-state index contributed by atoms with van der Waals surface area (Å²) < 4.78 is 3.86.